The fraction of sp³-hybridized carbons (Fsp3) is 0.250. The lowest BCUT2D eigenvalue weighted by Gasteiger charge is -2.26. The van der Waals surface area contributed by atoms with Crippen molar-refractivity contribution in [2.45, 2.75) is 13.3 Å². The maximum Gasteiger partial charge on any atom is 0.146 e. The van der Waals surface area contributed by atoms with Crippen LogP contribution in [0.5, 0.6) is 0 Å². The summed E-state index contributed by atoms with van der Waals surface area (Å²) >= 11 is 0. The first kappa shape index (κ1) is 13.6. The van der Waals surface area contributed by atoms with E-state index in [1.165, 1.54) is 6.07 Å². The lowest BCUT2D eigenvalue weighted by atomic mass is 10.1. The van der Waals surface area contributed by atoms with Crippen molar-refractivity contribution in [1.29, 1.82) is 0 Å². The van der Waals surface area contributed by atoms with Gasteiger partial charge in [0.1, 0.15) is 5.82 Å². The first-order valence-electron chi connectivity index (χ1n) is 6.58. The van der Waals surface area contributed by atoms with Gasteiger partial charge in [-0.25, -0.2) is 4.39 Å². The predicted molar refractivity (Wildman–Crippen MR) is 78.3 cm³/mol. The molecule has 0 heterocycles. The van der Waals surface area contributed by atoms with Crippen LogP contribution in [0.2, 0.25) is 0 Å². The third-order valence-corrected chi connectivity index (χ3v) is 3.16. The van der Waals surface area contributed by atoms with E-state index < -0.39 is 0 Å². The van der Waals surface area contributed by atoms with Gasteiger partial charge in [0.2, 0.25) is 0 Å². The van der Waals surface area contributed by atoms with Crippen molar-refractivity contribution < 1.29 is 4.39 Å². The molecule has 0 bridgehead atoms. The first-order valence-corrected chi connectivity index (χ1v) is 6.58. The molecule has 2 rings (SSSR count). The second-order valence-corrected chi connectivity index (χ2v) is 4.36. The molecular weight excluding hydrogens is 239 g/mol. The van der Waals surface area contributed by atoms with Crippen LogP contribution in [-0.4, -0.2) is 13.1 Å². The van der Waals surface area contributed by atoms with E-state index in [1.54, 1.807) is 12.1 Å². The number of nitrogens with two attached hydrogens (primary N) is 1. The molecule has 0 aromatic heterocycles. The zero-order valence-corrected chi connectivity index (χ0v) is 11.1. The minimum atomic E-state index is -0.202. The zero-order chi connectivity index (χ0) is 13.7. The summed E-state index contributed by atoms with van der Waals surface area (Å²) in [6.07, 6.45) is 0.793. The average molecular weight is 258 g/mol. The third kappa shape index (κ3) is 2.93. The number of benzene rings is 2. The fourth-order valence-electron chi connectivity index (χ4n) is 2.28. The van der Waals surface area contributed by atoms with E-state index in [2.05, 4.69) is 0 Å². The molecule has 3 heteroatoms. The number of para-hydroxylation sites is 2. The quantitative estimate of drug-likeness (QED) is 0.889. The Morgan fingerprint density at radius 1 is 1.00 bits per heavy atom. The van der Waals surface area contributed by atoms with Gasteiger partial charge in [-0.2, -0.15) is 0 Å². The van der Waals surface area contributed by atoms with Crippen LogP contribution >= 0.6 is 0 Å². The number of rotatable bonds is 5. The molecule has 0 aliphatic carbocycles. The molecular formula is C16H19FN2. The van der Waals surface area contributed by atoms with Crippen LogP contribution in [0, 0.1) is 5.82 Å². The molecule has 0 aliphatic rings. The second-order valence-electron chi connectivity index (χ2n) is 4.36. The van der Waals surface area contributed by atoms with Gasteiger partial charge in [-0.15, -0.1) is 0 Å². The van der Waals surface area contributed by atoms with Crippen LogP contribution in [0.3, 0.4) is 0 Å². The van der Waals surface area contributed by atoms with Gasteiger partial charge in [0, 0.05) is 12.2 Å². The molecule has 2 nitrogen and oxygen atoms in total. The molecule has 2 aromatic carbocycles. The highest BCUT2D eigenvalue weighted by Gasteiger charge is 2.14. The van der Waals surface area contributed by atoms with Gasteiger partial charge in [-0.1, -0.05) is 30.3 Å². The fourth-order valence-corrected chi connectivity index (χ4v) is 2.28. The van der Waals surface area contributed by atoms with E-state index in [4.69, 9.17) is 5.73 Å². The van der Waals surface area contributed by atoms with E-state index >= 15 is 0 Å². The monoisotopic (exact) mass is 258 g/mol. The molecule has 0 aliphatic heterocycles. The molecule has 0 radical (unpaired) electrons. The Morgan fingerprint density at radius 2 is 1.63 bits per heavy atom. The van der Waals surface area contributed by atoms with Gasteiger partial charge in [0.25, 0.3) is 0 Å². The molecule has 100 valence electrons. The summed E-state index contributed by atoms with van der Waals surface area (Å²) in [5, 5.41) is 0. The van der Waals surface area contributed by atoms with E-state index in [1.807, 2.05) is 42.2 Å². The summed E-state index contributed by atoms with van der Waals surface area (Å²) in [7, 11) is 0. The van der Waals surface area contributed by atoms with Gasteiger partial charge >= 0.3 is 0 Å². The van der Waals surface area contributed by atoms with Crippen LogP contribution in [0.25, 0.3) is 0 Å². The van der Waals surface area contributed by atoms with Gasteiger partial charge in [0.05, 0.1) is 5.69 Å². The lowest BCUT2D eigenvalue weighted by Crippen LogP contribution is -2.19. The number of halogens is 1. The molecule has 0 atom stereocenters. The smallest absolute Gasteiger partial charge is 0.146 e. The molecule has 2 aromatic rings. The average Bonchev–Trinajstić information content (AvgIpc) is 2.44. The largest absolute Gasteiger partial charge is 0.339 e. The molecule has 0 saturated carbocycles. The lowest BCUT2D eigenvalue weighted by molar-refractivity contribution is 0.625. The van der Waals surface area contributed by atoms with Crippen LogP contribution in [-0.2, 0) is 6.42 Å². The second kappa shape index (κ2) is 6.34. The molecule has 0 spiro atoms. The minimum Gasteiger partial charge on any atom is -0.339 e. The van der Waals surface area contributed by atoms with Crippen molar-refractivity contribution >= 4 is 11.4 Å². The van der Waals surface area contributed by atoms with Crippen molar-refractivity contribution in [3.8, 4) is 0 Å². The Labute approximate surface area is 113 Å². The van der Waals surface area contributed by atoms with Crippen LogP contribution in [0.1, 0.15) is 12.5 Å². The number of hydrogen-bond acceptors (Lipinski definition) is 2. The maximum atomic E-state index is 14.0. The maximum absolute atomic E-state index is 14.0. The Hall–Kier alpha value is -1.87. The minimum absolute atomic E-state index is 0.202. The van der Waals surface area contributed by atoms with E-state index in [-0.39, 0.29) is 5.82 Å². The first-order chi connectivity index (χ1) is 9.27. The Bertz CT molecular complexity index is 540. The molecule has 0 unspecified atom stereocenters. The summed E-state index contributed by atoms with van der Waals surface area (Å²) in [5.41, 5.74) is 8.43. The Balaban J connectivity index is 2.45. The zero-order valence-electron chi connectivity index (χ0n) is 11.1. The van der Waals surface area contributed by atoms with Gasteiger partial charge in [-0.3, -0.25) is 0 Å². The van der Waals surface area contributed by atoms with Crippen molar-refractivity contribution in [2.24, 2.45) is 5.73 Å². The summed E-state index contributed by atoms with van der Waals surface area (Å²) in [4.78, 5) is 1.99. The highest BCUT2D eigenvalue weighted by Crippen LogP contribution is 2.30. The Kier molecular flexibility index (Phi) is 4.53. The van der Waals surface area contributed by atoms with E-state index in [0.717, 1.165) is 17.7 Å². The summed E-state index contributed by atoms with van der Waals surface area (Å²) in [6, 6.07) is 14.9. The molecule has 2 N–H and O–H groups in total. The molecule has 19 heavy (non-hydrogen) atoms. The van der Waals surface area contributed by atoms with E-state index in [9.17, 15) is 4.39 Å². The SMILES string of the molecule is CCN(c1ccccc1F)c1ccccc1CCN. The van der Waals surface area contributed by atoms with Gasteiger partial charge < -0.3 is 10.6 Å². The van der Waals surface area contributed by atoms with Crippen LogP contribution in [0.4, 0.5) is 15.8 Å². The van der Waals surface area contributed by atoms with Crippen molar-refractivity contribution in [3.05, 3.63) is 59.9 Å². The molecule has 0 amide bonds. The van der Waals surface area contributed by atoms with Crippen LogP contribution in [0.15, 0.2) is 48.5 Å². The van der Waals surface area contributed by atoms with Gasteiger partial charge in [0.15, 0.2) is 0 Å². The van der Waals surface area contributed by atoms with Crippen molar-refractivity contribution in [2.75, 3.05) is 18.0 Å². The Morgan fingerprint density at radius 3 is 2.26 bits per heavy atom. The predicted octanol–water partition coefficient (Wildman–Crippen LogP) is 3.48. The summed E-state index contributed by atoms with van der Waals surface area (Å²) in [6.45, 7) is 3.32. The number of anilines is 2. The summed E-state index contributed by atoms with van der Waals surface area (Å²) < 4.78 is 14.0. The number of hydrogen-bond donors (Lipinski definition) is 1. The standard InChI is InChI=1S/C16H19FN2/c1-2-19(16-10-6-4-8-14(16)17)15-9-5-3-7-13(15)11-12-18/h3-10H,2,11-12,18H2,1H3. The number of nitrogens with zero attached hydrogens (tertiary/aromatic N) is 1. The normalized spacial score (nSPS) is 10.5. The molecule has 0 fully saturated rings. The summed E-state index contributed by atoms with van der Waals surface area (Å²) in [5.74, 6) is -0.202. The topological polar surface area (TPSA) is 29.3 Å². The van der Waals surface area contributed by atoms with Gasteiger partial charge in [-0.05, 0) is 43.7 Å². The molecule has 0 saturated heterocycles. The van der Waals surface area contributed by atoms with E-state index in [0.29, 0.717) is 18.8 Å². The van der Waals surface area contributed by atoms with Crippen molar-refractivity contribution in [3.63, 3.8) is 0 Å². The highest BCUT2D eigenvalue weighted by atomic mass is 19.1. The van der Waals surface area contributed by atoms with Crippen LogP contribution < -0.4 is 10.6 Å². The van der Waals surface area contributed by atoms with Crippen molar-refractivity contribution in [1.82, 2.24) is 0 Å². The third-order valence-electron chi connectivity index (χ3n) is 3.16. The highest BCUT2D eigenvalue weighted by molar-refractivity contribution is 5.66.